The number of aromatic nitrogens is 2. The van der Waals surface area contributed by atoms with Gasteiger partial charge in [0, 0.05) is 38.2 Å². The average molecular weight is 662 g/mol. The van der Waals surface area contributed by atoms with Crippen LogP contribution in [-0.4, -0.2) is 9.13 Å². The first-order valence-electron chi connectivity index (χ1n) is 17.6. The Balaban J connectivity index is 1.41. The zero-order valence-electron chi connectivity index (χ0n) is 28.2. The molecule has 0 N–H and O–H groups in total. The highest BCUT2D eigenvalue weighted by molar-refractivity contribution is 6.13. The van der Waals surface area contributed by atoms with Crippen molar-refractivity contribution in [1.29, 1.82) is 5.26 Å². The van der Waals surface area contributed by atoms with E-state index in [0.717, 1.165) is 77.6 Å². The van der Waals surface area contributed by atoms with Crippen LogP contribution in [0.3, 0.4) is 0 Å². The van der Waals surface area contributed by atoms with Crippen molar-refractivity contribution >= 4 is 43.6 Å². The van der Waals surface area contributed by atoms with Gasteiger partial charge < -0.3 is 9.13 Å². The van der Waals surface area contributed by atoms with E-state index in [2.05, 4.69) is 191 Å². The maximum atomic E-state index is 9.88. The molecular formula is C49H31N3. The van der Waals surface area contributed by atoms with E-state index >= 15 is 0 Å². The molecule has 0 saturated carbocycles. The Kier molecular flexibility index (Phi) is 6.87. The highest BCUT2D eigenvalue weighted by Gasteiger charge is 2.25. The second kappa shape index (κ2) is 12.0. The SMILES string of the molecule is N#Cc1ccc2c(c1)c1ccccc1n2-c1cccc(-c2ccccc2)c1-c1cccc(-c2ccccc2)c1-n1c2ccccc2c2ccccc21. The third kappa shape index (κ3) is 4.52. The number of benzene rings is 8. The van der Waals surface area contributed by atoms with Crippen LogP contribution in [0, 0.1) is 11.3 Å². The van der Waals surface area contributed by atoms with E-state index in [4.69, 9.17) is 0 Å². The van der Waals surface area contributed by atoms with E-state index in [1.807, 2.05) is 12.1 Å². The first-order chi connectivity index (χ1) is 25.8. The molecule has 0 bridgehead atoms. The van der Waals surface area contributed by atoms with Crippen molar-refractivity contribution in [2.75, 3.05) is 0 Å². The van der Waals surface area contributed by atoms with Crippen molar-refractivity contribution in [2.45, 2.75) is 0 Å². The van der Waals surface area contributed by atoms with Crippen molar-refractivity contribution in [3.63, 3.8) is 0 Å². The van der Waals surface area contributed by atoms with E-state index in [-0.39, 0.29) is 0 Å². The Bertz CT molecular complexity index is 2960. The van der Waals surface area contributed by atoms with E-state index in [1.165, 1.54) is 10.8 Å². The van der Waals surface area contributed by atoms with Crippen LogP contribution in [0.25, 0.3) is 88.4 Å². The number of nitrogens with zero attached hydrogens (tertiary/aromatic N) is 3. The molecule has 0 fully saturated rings. The summed E-state index contributed by atoms with van der Waals surface area (Å²) in [4.78, 5) is 0. The van der Waals surface area contributed by atoms with Gasteiger partial charge in [-0.3, -0.25) is 0 Å². The van der Waals surface area contributed by atoms with Gasteiger partial charge in [0.2, 0.25) is 0 Å². The van der Waals surface area contributed by atoms with Gasteiger partial charge in [-0.15, -0.1) is 0 Å². The minimum absolute atomic E-state index is 0.651. The molecule has 8 aromatic carbocycles. The molecule has 0 aliphatic rings. The van der Waals surface area contributed by atoms with Gasteiger partial charge >= 0.3 is 0 Å². The fourth-order valence-corrected chi connectivity index (χ4v) is 8.17. The Labute approximate surface area is 301 Å². The third-order valence-corrected chi connectivity index (χ3v) is 10.4. The van der Waals surface area contributed by atoms with Crippen LogP contribution in [0.5, 0.6) is 0 Å². The molecule has 0 amide bonds. The van der Waals surface area contributed by atoms with Crippen LogP contribution in [-0.2, 0) is 0 Å². The Morgan fingerprint density at radius 2 is 0.846 bits per heavy atom. The lowest BCUT2D eigenvalue weighted by Gasteiger charge is -2.24. The highest BCUT2D eigenvalue weighted by Crippen LogP contribution is 2.47. The minimum atomic E-state index is 0.651. The molecule has 10 rings (SSSR count). The Hall–Kier alpha value is -7.15. The summed E-state index contributed by atoms with van der Waals surface area (Å²) in [6.07, 6.45) is 0. The lowest BCUT2D eigenvalue weighted by atomic mass is 9.89. The van der Waals surface area contributed by atoms with Gasteiger partial charge in [-0.1, -0.05) is 146 Å². The molecule has 2 heterocycles. The van der Waals surface area contributed by atoms with Crippen molar-refractivity contribution in [3.05, 3.63) is 194 Å². The summed E-state index contributed by atoms with van der Waals surface area (Å²) in [6, 6.07) is 69.3. The molecule has 0 spiro atoms. The predicted octanol–water partition coefficient (Wildman–Crippen LogP) is 12.8. The van der Waals surface area contributed by atoms with Gasteiger partial charge in [0.05, 0.1) is 45.1 Å². The molecule has 52 heavy (non-hydrogen) atoms. The van der Waals surface area contributed by atoms with Crippen LogP contribution >= 0.6 is 0 Å². The highest BCUT2D eigenvalue weighted by atomic mass is 15.0. The number of fused-ring (bicyclic) bond motifs is 6. The maximum absolute atomic E-state index is 9.88. The Morgan fingerprint density at radius 1 is 0.365 bits per heavy atom. The summed E-state index contributed by atoms with van der Waals surface area (Å²) >= 11 is 0. The van der Waals surface area contributed by atoms with Gasteiger partial charge in [-0.05, 0) is 59.2 Å². The standard InChI is InChI=1S/C49H31N3/c50-32-33-29-30-46-42(31-33)40-21-9-10-25-43(40)51(46)47-28-14-22-36(34-15-3-1-4-16-34)48(47)41-24-13-23-37(35-17-5-2-6-18-35)49(41)52-44-26-11-7-19-38(44)39-20-8-12-27-45(39)52/h1-31H. The van der Waals surface area contributed by atoms with Crippen LogP contribution in [0.1, 0.15) is 5.56 Å². The van der Waals surface area contributed by atoms with E-state index < -0.39 is 0 Å². The molecule has 3 heteroatoms. The van der Waals surface area contributed by atoms with Crippen LogP contribution in [0.15, 0.2) is 188 Å². The molecular weight excluding hydrogens is 631 g/mol. The number of para-hydroxylation sites is 4. The molecule has 0 atom stereocenters. The molecule has 0 unspecified atom stereocenters. The van der Waals surface area contributed by atoms with Crippen molar-refractivity contribution < 1.29 is 0 Å². The molecule has 2 aromatic heterocycles. The number of rotatable bonds is 5. The summed E-state index contributed by atoms with van der Waals surface area (Å²) < 4.78 is 4.86. The molecule has 3 nitrogen and oxygen atoms in total. The summed E-state index contributed by atoms with van der Waals surface area (Å²) in [6.45, 7) is 0. The molecule has 0 aliphatic carbocycles. The molecule has 0 radical (unpaired) electrons. The van der Waals surface area contributed by atoms with Crippen molar-refractivity contribution in [2.24, 2.45) is 0 Å². The molecule has 0 aliphatic heterocycles. The normalized spacial score (nSPS) is 11.4. The van der Waals surface area contributed by atoms with Gasteiger partial charge in [0.15, 0.2) is 0 Å². The molecule has 10 aromatic rings. The van der Waals surface area contributed by atoms with E-state index in [9.17, 15) is 5.26 Å². The van der Waals surface area contributed by atoms with E-state index in [0.29, 0.717) is 5.56 Å². The fourth-order valence-electron chi connectivity index (χ4n) is 8.17. The van der Waals surface area contributed by atoms with Crippen LogP contribution in [0.4, 0.5) is 0 Å². The molecule has 242 valence electrons. The summed E-state index contributed by atoms with van der Waals surface area (Å²) in [5, 5.41) is 14.5. The quantitative estimate of drug-likeness (QED) is 0.181. The number of hydrogen-bond acceptors (Lipinski definition) is 1. The van der Waals surface area contributed by atoms with Gasteiger partial charge in [-0.2, -0.15) is 5.26 Å². The molecule has 0 saturated heterocycles. The van der Waals surface area contributed by atoms with E-state index in [1.54, 1.807) is 0 Å². The fraction of sp³-hybridized carbons (Fsp3) is 0. The Morgan fingerprint density at radius 3 is 1.48 bits per heavy atom. The number of nitriles is 1. The monoisotopic (exact) mass is 661 g/mol. The minimum Gasteiger partial charge on any atom is -0.309 e. The van der Waals surface area contributed by atoms with Crippen LogP contribution in [0.2, 0.25) is 0 Å². The van der Waals surface area contributed by atoms with Gasteiger partial charge in [-0.25, -0.2) is 0 Å². The first kappa shape index (κ1) is 29.7. The summed E-state index contributed by atoms with van der Waals surface area (Å²) in [5.41, 5.74) is 14.2. The first-order valence-corrected chi connectivity index (χ1v) is 17.6. The van der Waals surface area contributed by atoms with Gasteiger partial charge in [0.1, 0.15) is 0 Å². The largest absolute Gasteiger partial charge is 0.309 e. The predicted molar refractivity (Wildman–Crippen MR) is 216 cm³/mol. The lowest BCUT2D eigenvalue weighted by Crippen LogP contribution is -2.04. The van der Waals surface area contributed by atoms with Crippen molar-refractivity contribution in [3.8, 4) is 50.8 Å². The zero-order valence-corrected chi connectivity index (χ0v) is 28.2. The zero-order chi connectivity index (χ0) is 34.6. The van der Waals surface area contributed by atoms with Crippen LogP contribution < -0.4 is 0 Å². The maximum Gasteiger partial charge on any atom is 0.0991 e. The third-order valence-electron chi connectivity index (χ3n) is 10.4. The number of hydrogen-bond donors (Lipinski definition) is 0. The second-order valence-corrected chi connectivity index (χ2v) is 13.2. The lowest BCUT2D eigenvalue weighted by molar-refractivity contribution is 1.16. The smallest absolute Gasteiger partial charge is 0.0991 e. The summed E-state index contributed by atoms with van der Waals surface area (Å²) in [5.74, 6) is 0. The van der Waals surface area contributed by atoms with Gasteiger partial charge in [0.25, 0.3) is 0 Å². The average Bonchev–Trinajstić information content (AvgIpc) is 3.73. The van der Waals surface area contributed by atoms with Crippen molar-refractivity contribution in [1.82, 2.24) is 9.13 Å². The summed E-state index contributed by atoms with van der Waals surface area (Å²) in [7, 11) is 0. The second-order valence-electron chi connectivity index (χ2n) is 13.2. The topological polar surface area (TPSA) is 33.6 Å².